The molecule has 1 fully saturated rings. The van der Waals surface area contributed by atoms with Gasteiger partial charge in [0, 0.05) is 23.5 Å². The minimum atomic E-state index is -0.477. The first-order valence-electron chi connectivity index (χ1n) is 11.2. The number of anilines is 1. The number of carbonyl (C=O) groups is 2. The highest BCUT2D eigenvalue weighted by atomic mass is 32.2. The molecule has 34 heavy (non-hydrogen) atoms. The summed E-state index contributed by atoms with van der Waals surface area (Å²) >= 11 is 2.70. The molecular formula is C24H28N4O4S2. The number of esters is 1. The zero-order chi connectivity index (χ0) is 24.1. The van der Waals surface area contributed by atoms with Gasteiger partial charge in [0.25, 0.3) is 0 Å². The standard InChI is InChI=1S/C24H28N4O4S2/c1-4-18-26-27-24(28(18)13-17-11-8-12-32-17)33-14-19(29)25-22-21(23(30)31-3)20(15(2)34-22)16-9-6-5-7-10-16/h5-7,9-10,17H,4,8,11-14H2,1-3H3,(H,25,29). The molecule has 1 atom stereocenters. The van der Waals surface area contributed by atoms with Gasteiger partial charge in [0.1, 0.15) is 16.4 Å². The average molecular weight is 501 g/mol. The van der Waals surface area contributed by atoms with Crippen molar-refractivity contribution in [3.05, 3.63) is 46.6 Å². The fraction of sp³-hybridized carbons (Fsp3) is 0.417. The number of ether oxygens (including phenoxy) is 2. The van der Waals surface area contributed by atoms with E-state index in [1.807, 2.05) is 44.2 Å². The molecule has 0 spiro atoms. The predicted octanol–water partition coefficient (Wildman–Crippen LogP) is 4.57. The Bertz CT molecular complexity index is 1150. The lowest BCUT2D eigenvalue weighted by atomic mass is 10.0. The van der Waals surface area contributed by atoms with Crippen molar-refractivity contribution in [2.45, 2.75) is 50.9 Å². The third-order valence-electron chi connectivity index (χ3n) is 5.64. The zero-order valence-corrected chi connectivity index (χ0v) is 21.1. The van der Waals surface area contributed by atoms with Crippen LogP contribution in [0.3, 0.4) is 0 Å². The number of hydrogen-bond acceptors (Lipinski definition) is 8. The molecule has 180 valence electrons. The summed E-state index contributed by atoms with van der Waals surface area (Å²) in [5.74, 6) is 0.328. The molecule has 3 heterocycles. The minimum Gasteiger partial charge on any atom is -0.465 e. The highest BCUT2D eigenvalue weighted by Gasteiger charge is 2.26. The van der Waals surface area contributed by atoms with E-state index in [-0.39, 0.29) is 17.8 Å². The molecule has 8 nitrogen and oxygen atoms in total. The highest BCUT2D eigenvalue weighted by Crippen LogP contribution is 2.40. The molecule has 1 N–H and O–H groups in total. The summed E-state index contributed by atoms with van der Waals surface area (Å²) in [6.45, 7) is 5.45. The first-order valence-corrected chi connectivity index (χ1v) is 13.1. The first-order chi connectivity index (χ1) is 16.5. The van der Waals surface area contributed by atoms with Gasteiger partial charge in [-0.2, -0.15) is 0 Å². The van der Waals surface area contributed by atoms with Gasteiger partial charge in [0.2, 0.25) is 5.91 Å². The molecule has 3 aromatic rings. The van der Waals surface area contributed by atoms with E-state index < -0.39 is 5.97 Å². The van der Waals surface area contributed by atoms with Crippen LogP contribution < -0.4 is 5.32 Å². The lowest BCUT2D eigenvalue weighted by molar-refractivity contribution is -0.113. The third-order valence-corrected chi connectivity index (χ3v) is 7.63. The van der Waals surface area contributed by atoms with Gasteiger partial charge in [-0.15, -0.1) is 21.5 Å². The van der Waals surface area contributed by atoms with Crippen molar-refractivity contribution in [2.24, 2.45) is 0 Å². The smallest absolute Gasteiger partial charge is 0.341 e. The number of amides is 1. The summed E-state index contributed by atoms with van der Waals surface area (Å²) in [7, 11) is 1.35. The lowest BCUT2D eigenvalue weighted by Crippen LogP contribution is -2.19. The maximum Gasteiger partial charge on any atom is 0.341 e. The van der Waals surface area contributed by atoms with E-state index >= 15 is 0 Å². The number of hydrogen-bond donors (Lipinski definition) is 1. The van der Waals surface area contributed by atoms with Crippen molar-refractivity contribution in [1.29, 1.82) is 0 Å². The quantitative estimate of drug-likeness (QED) is 0.340. The molecular weight excluding hydrogens is 472 g/mol. The summed E-state index contributed by atoms with van der Waals surface area (Å²) in [6.07, 6.45) is 2.99. The van der Waals surface area contributed by atoms with Gasteiger partial charge in [-0.05, 0) is 25.3 Å². The molecule has 1 unspecified atom stereocenters. The topological polar surface area (TPSA) is 95.3 Å². The van der Waals surface area contributed by atoms with Crippen LogP contribution in [-0.4, -0.2) is 52.2 Å². The van der Waals surface area contributed by atoms with Crippen LogP contribution in [-0.2, 0) is 27.2 Å². The van der Waals surface area contributed by atoms with Crippen LogP contribution in [0.4, 0.5) is 5.00 Å². The molecule has 2 aromatic heterocycles. The number of benzene rings is 1. The van der Waals surface area contributed by atoms with Gasteiger partial charge < -0.3 is 19.4 Å². The van der Waals surface area contributed by atoms with Crippen LogP contribution >= 0.6 is 23.1 Å². The fourth-order valence-corrected chi connectivity index (χ4v) is 5.88. The second kappa shape index (κ2) is 11.2. The SMILES string of the molecule is CCc1nnc(SCC(=O)Nc2sc(C)c(-c3ccccc3)c2C(=O)OC)n1CC1CCCO1. The molecule has 1 amide bonds. The summed E-state index contributed by atoms with van der Waals surface area (Å²) in [4.78, 5) is 26.5. The number of rotatable bonds is 9. The van der Waals surface area contributed by atoms with Gasteiger partial charge >= 0.3 is 5.97 Å². The summed E-state index contributed by atoms with van der Waals surface area (Å²) in [5, 5.41) is 12.7. The summed E-state index contributed by atoms with van der Waals surface area (Å²) < 4.78 is 12.9. The Kier molecular flexibility index (Phi) is 8.02. The van der Waals surface area contributed by atoms with E-state index in [0.29, 0.717) is 22.3 Å². The van der Waals surface area contributed by atoms with Crippen molar-refractivity contribution in [3.8, 4) is 11.1 Å². The van der Waals surface area contributed by atoms with Crippen molar-refractivity contribution in [2.75, 3.05) is 24.8 Å². The number of thioether (sulfide) groups is 1. The maximum absolute atomic E-state index is 12.9. The Labute approximate surface area is 207 Å². The van der Waals surface area contributed by atoms with Gasteiger partial charge in [0.15, 0.2) is 5.16 Å². The number of nitrogens with one attached hydrogen (secondary N) is 1. The van der Waals surface area contributed by atoms with Crippen LogP contribution in [0, 0.1) is 6.92 Å². The second-order valence-corrected chi connectivity index (χ2v) is 10.1. The van der Waals surface area contributed by atoms with Gasteiger partial charge in [-0.25, -0.2) is 4.79 Å². The van der Waals surface area contributed by atoms with E-state index in [9.17, 15) is 9.59 Å². The minimum absolute atomic E-state index is 0.144. The van der Waals surface area contributed by atoms with Gasteiger partial charge in [-0.3, -0.25) is 4.79 Å². The van der Waals surface area contributed by atoms with E-state index in [4.69, 9.17) is 9.47 Å². The highest BCUT2D eigenvalue weighted by molar-refractivity contribution is 7.99. The Morgan fingerprint density at radius 2 is 2.09 bits per heavy atom. The number of nitrogens with zero attached hydrogens (tertiary/aromatic N) is 3. The molecule has 0 aliphatic carbocycles. The van der Waals surface area contributed by atoms with Crippen molar-refractivity contribution in [1.82, 2.24) is 14.8 Å². The van der Waals surface area contributed by atoms with E-state index in [0.717, 1.165) is 47.7 Å². The van der Waals surface area contributed by atoms with Crippen LogP contribution in [0.2, 0.25) is 0 Å². The maximum atomic E-state index is 12.9. The number of aryl methyl sites for hydroxylation is 2. The average Bonchev–Trinajstić information content (AvgIpc) is 3.57. The third kappa shape index (κ3) is 5.34. The molecule has 1 aliphatic rings. The Balaban J connectivity index is 1.50. The first kappa shape index (κ1) is 24.4. The Morgan fingerprint density at radius 3 is 2.76 bits per heavy atom. The molecule has 10 heteroatoms. The molecule has 0 bridgehead atoms. The molecule has 1 aliphatic heterocycles. The normalized spacial score (nSPS) is 15.4. The summed E-state index contributed by atoms with van der Waals surface area (Å²) in [5.41, 5.74) is 2.06. The fourth-order valence-electron chi connectivity index (χ4n) is 4.04. The number of methoxy groups -OCH3 is 1. The Morgan fingerprint density at radius 1 is 1.29 bits per heavy atom. The molecule has 0 radical (unpaired) electrons. The van der Waals surface area contributed by atoms with E-state index in [1.54, 1.807) is 0 Å². The monoisotopic (exact) mass is 500 g/mol. The van der Waals surface area contributed by atoms with Crippen LogP contribution in [0.1, 0.15) is 40.8 Å². The zero-order valence-electron chi connectivity index (χ0n) is 19.5. The largest absolute Gasteiger partial charge is 0.465 e. The number of aromatic nitrogens is 3. The molecule has 1 aromatic carbocycles. The van der Waals surface area contributed by atoms with E-state index in [2.05, 4.69) is 20.1 Å². The van der Waals surface area contributed by atoms with Gasteiger partial charge in [-0.1, -0.05) is 49.0 Å². The van der Waals surface area contributed by atoms with Crippen LogP contribution in [0.5, 0.6) is 0 Å². The summed E-state index contributed by atoms with van der Waals surface area (Å²) in [6, 6.07) is 9.63. The van der Waals surface area contributed by atoms with Crippen LogP contribution in [0.25, 0.3) is 11.1 Å². The second-order valence-electron chi connectivity index (χ2n) is 7.93. The number of thiophene rings is 1. The Hall–Kier alpha value is -2.69. The van der Waals surface area contributed by atoms with Gasteiger partial charge in [0.05, 0.1) is 25.5 Å². The molecule has 0 saturated carbocycles. The van der Waals surface area contributed by atoms with Crippen LogP contribution in [0.15, 0.2) is 35.5 Å². The van der Waals surface area contributed by atoms with Crippen molar-refractivity contribution in [3.63, 3.8) is 0 Å². The van der Waals surface area contributed by atoms with Crippen molar-refractivity contribution >= 4 is 40.0 Å². The molecule has 4 rings (SSSR count). The van der Waals surface area contributed by atoms with Crippen molar-refractivity contribution < 1.29 is 19.1 Å². The predicted molar refractivity (Wildman–Crippen MR) is 134 cm³/mol. The number of carbonyl (C=O) groups excluding carboxylic acids is 2. The lowest BCUT2D eigenvalue weighted by Gasteiger charge is -2.14. The van der Waals surface area contributed by atoms with E-state index in [1.165, 1.54) is 30.2 Å². The molecule has 1 saturated heterocycles.